The Morgan fingerprint density at radius 1 is 0.867 bits per heavy atom. The van der Waals surface area contributed by atoms with Crippen molar-refractivity contribution in [2.24, 2.45) is 0 Å². The predicted octanol–water partition coefficient (Wildman–Crippen LogP) is 5.04. The Morgan fingerprint density at radius 3 is 2.20 bits per heavy atom. The molecule has 2 atom stereocenters. The average Bonchev–Trinajstić information content (AvgIpc) is 2.75. The summed E-state index contributed by atoms with van der Waals surface area (Å²) in [6.07, 6.45) is -1.02. The Bertz CT molecular complexity index is 1010. The largest absolute Gasteiger partial charge is 0.456 e. The molecular weight excluding hydrogens is 385 g/mol. The van der Waals surface area contributed by atoms with E-state index in [0.29, 0.717) is 11.5 Å². The number of nitrogens with one attached hydrogen (secondary N) is 1. The van der Waals surface area contributed by atoms with Gasteiger partial charge in [0.15, 0.2) is 6.10 Å². The lowest BCUT2D eigenvalue weighted by atomic mass is 10.1. The third kappa shape index (κ3) is 5.44. The van der Waals surface area contributed by atoms with E-state index in [2.05, 4.69) is 5.32 Å². The van der Waals surface area contributed by atoms with Gasteiger partial charge in [0.2, 0.25) is 0 Å². The zero-order valence-corrected chi connectivity index (χ0v) is 16.7. The second-order valence-corrected chi connectivity index (χ2v) is 6.74. The molecule has 0 radical (unpaired) electrons. The number of carbonyl (C=O) groups excluding carboxylic acids is 2. The van der Waals surface area contributed by atoms with Crippen molar-refractivity contribution in [3.63, 3.8) is 0 Å². The Labute approximate surface area is 174 Å². The molecule has 154 valence electrons. The third-order valence-corrected chi connectivity index (χ3v) is 4.46. The van der Waals surface area contributed by atoms with Gasteiger partial charge in [0.05, 0.1) is 6.04 Å². The van der Waals surface area contributed by atoms with Crippen LogP contribution in [0.5, 0.6) is 11.5 Å². The number of benzene rings is 3. The minimum absolute atomic E-state index is 0.215. The fourth-order valence-electron chi connectivity index (χ4n) is 2.78. The highest BCUT2D eigenvalue weighted by atomic mass is 19.1. The van der Waals surface area contributed by atoms with Crippen LogP contribution >= 0.6 is 0 Å². The molecule has 5 nitrogen and oxygen atoms in total. The van der Waals surface area contributed by atoms with Gasteiger partial charge in [-0.1, -0.05) is 42.5 Å². The van der Waals surface area contributed by atoms with Gasteiger partial charge in [-0.2, -0.15) is 0 Å². The highest BCUT2D eigenvalue weighted by Crippen LogP contribution is 2.26. The van der Waals surface area contributed by atoms with E-state index in [-0.39, 0.29) is 17.4 Å². The minimum Gasteiger partial charge on any atom is -0.456 e. The van der Waals surface area contributed by atoms with Crippen LogP contribution in [0, 0.1) is 5.82 Å². The number of amides is 1. The van der Waals surface area contributed by atoms with Gasteiger partial charge in [-0.15, -0.1) is 0 Å². The Morgan fingerprint density at radius 2 is 1.50 bits per heavy atom. The molecule has 1 amide bonds. The molecular formula is C24H22FNO4. The highest BCUT2D eigenvalue weighted by Gasteiger charge is 2.23. The number of halogens is 1. The third-order valence-electron chi connectivity index (χ3n) is 4.46. The molecule has 0 saturated heterocycles. The van der Waals surface area contributed by atoms with Crippen LogP contribution in [0.4, 0.5) is 4.39 Å². The summed E-state index contributed by atoms with van der Waals surface area (Å²) in [6.45, 7) is 3.26. The maximum absolute atomic E-state index is 13.1. The lowest BCUT2D eigenvalue weighted by molar-refractivity contribution is -0.129. The first-order valence-electron chi connectivity index (χ1n) is 9.53. The van der Waals surface area contributed by atoms with E-state index in [1.54, 1.807) is 55.5 Å². The van der Waals surface area contributed by atoms with E-state index in [4.69, 9.17) is 9.47 Å². The molecule has 6 heteroatoms. The Kier molecular flexibility index (Phi) is 6.80. The van der Waals surface area contributed by atoms with Gasteiger partial charge in [0.1, 0.15) is 22.9 Å². The lowest BCUT2D eigenvalue weighted by Gasteiger charge is -2.19. The highest BCUT2D eigenvalue weighted by molar-refractivity contribution is 5.94. The zero-order valence-electron chi connectivity index (χ0n) is 16.7. The number of rotatable bonds is 7. The number of carbonyl (C=O) groups is 2. The standard InChI is InChI=1S/C24H22FNO4/c1-16(18-12-14-19(25)15-13-18)26-23(27)17(2)29-24(28)21-10-6-7-11-22(21)30-20-8-4-3-5-9-20/h3-17H,1-2H3,(H,26,27). The summed E-state index contributed by atoms with van der Waals surface area (Å²) in [5.41, 5.74) is 0.956. The fraction of sp³-hybridized carbons (Fsp3) is 0.167. The summed E-state index contributed by atoms with van der Waals surface area (Å²) < 4.78 is 24.2. The van der Waals surface area contributed by atoms with E-state index < -0.39 is 18.0 Å². The lowest BCUT2D eigenvalue weighted by Crippen LogP contribution is -2.37. The van der Waals surface area contributed by atoms with Crippen LogP contribution in [0.2, 0.25) is 0 Å². The topological polar surface area (TPSA) is 64.6 Å². The van der Waals surface area contributed by atoms with Gasteiger partial charge < -0.3 is 14.8 Å². The summed E-state index contributed by atoms with van der Waals surface area (Å²) in [5.74, 6) is -0.561. The van der Waals surface area contributed by atoms with Crippen LogP contribution in [-0.2, 0) is 9.53 Å². The first kappa shape index (κ1) is 21.0. The van der Waals surface area contributed by atoms with E-state index in [0.717, 1.165) is 5.56 Å². The van der Waals surface area contributed by atoms with Gasteiger partial charge in [0.25, 0.3) is 5.91 Å². The molecule has 1 N–H and O–H groups in total. The monoisotopic (exact) mass is 407 g/mol. The summed E-state index contributed by atoms with van der Waals surface area (Å²) in [6, 6.07) is 21.2. The number of hydrogen-bond acceptors (Lipinski definition) is 4. The van der Waals surface area contributed by atoms with Gasteiger partial charge in [-0.05, 0) is 55.8 Å². The SMILES string of the molecule is CC(OC(=O)c1ccccc1Oc1ccccc1)C(=O)NC(C)c1ccc(F)cc1. The maximum atomic E-state index is 13.1. The van der Waals surface area contributed by atoms with Gasteiger partial charge in [0, 0.05) is 0 Å². The minimum atomic E-state index is -1.02. The van der Waals surface area contributed by atoms with Crippen molar-refractivity contribution in [3.05, 3.63) is 95.8 Å². The van der Waals surface area contributed by atoms with Crippen molar-refractivity contribution < 1.29 is 23.5 Å². The molecule has 0 aliphatic heterocycles. The number of hydrogen-bond donors (Lipinski definition) is 1. The first-order valence-corrected chi connectivity index (χ1v) is 9.53. The van der Waals surface area contributed by atoms with Crippen molar-refractivity contribution in [1.29, 1.82) is 0 Å². The Hall–Kier alpha value is -3.67. The fourth-order valence-corrected chi connectivity index (χ4v) is 2.78. The second-order valence-electron chi connectivity index (χ2n) is 6.74. The molecule has 3 aromatic carbocycles. The van der Waals surface area contributed by atoms with Crippen molar-refractivity contribution in [1.82, 2.24) is 5.32 Å². The summed E-state index contributed by atoms with van der Waals surface area (Å²) >= 11 is 0. The summed E-state index contributed by atoms with van der Waals surface area (Å²) in [7, 11) is 0. The van der Waals surface area contributed by atoms with Crippen LogP contribution in [0.1, 0.15) is 35.8 Å². The number of ether oxygens (including phenoxy) is 2. The van der Waals surface area contributed by atoms with Crippen molar-refractivity contribution in [3.8, 4) is 11.5 Å². The van der Waals surface area contributed by atoms with Crippen molar-refractivity contribution >= 4 is 11.9 Å². The van der Waals surface area contributed by atoms with Crippen LogP contribution in [-0.4, -0.2) is 18.0 Å². The van der Waals surface area contributed by atoms with Crippen LogP contribution < -0.4 is 10.1 Å². The van der Waals surface area contributed by atoms with E-state index >= 15 is 0 Å². The van der Waals surface area contributed by atoms with Crippen molar-refractivity contribution in [2.75, 3.05) is 0 Å². The van der Waals surface area contributed by atoms with Gasteiger partial charge >= 0.3 is 5.97 Å². The van der Waals surface area contributed by atoms with Crippen LogP contribution in [0.3, 0.4) is 0 Å². The average molecular weight is 407 g/mol. The molecule has 3 aromatic rings. The molecule has 0 heterocycles. The molecule has 30 heavy (non-hydrogen) atoms. The summed E-state index contributed by atoms with van der Waals surface area (Å²) in [5, 5.41) is 2.76. The first-order chi connectivity index (χ1) is 14.4. The smallest absolute Gasteiger partial charge is 0.342 e. The number of esters is 1. The molecule has 0 aliphatic carbocycles. The Balaban J connectivity index is 1.64. The second kappa shape index (κ2) is 9.69. The quantitative estimate of drug-likeness (QED) is 0.557. The molecule has 0 saturated carbocycles. The zero-order chi connectivity index (χ0) is 21.5. The van der Waals surface area contributed by atoms with E-state index in [1.807, 2.05) is 18.2 Å². The molecule has 3 rings (SSSR count). The molecule has 2 unspecified atom stereocenters. The van der Waals surface area contributed by atoms with Gasteiger partial charge in [-0.3, -0.25) is 4.79 Å². The molecule has 0 fully saturated rings. The number of para-hydroxylation sites is 2. The molecule has 0 bridgehead atoms. The molecule has 0 aliphatic rings. The molecule has 0 aromatic heterocycles. The maximum Gasteiger partial charge on any atom is 0.342 e. The predicted molar refractivity (Wildman–Crippen MR) is 111 cm³/mol. The molecule has 0 spiro atoms. The van der Waals surface area contributed by atoms with Crippen LogP contribution in [0.25, 0.3) is 0 Å². The summed E-state index contributed by atoms with van der Waals surface area (Å²) in [4.78, 5) is 25.1. The van der Waals surface area contributed by atoms with Gasteiger partial charge in [-0.25, -0.2) is 9.18 Å². The van der Waals surface area contributed by atoms with Crippen molar-refractivity contribution in [2.45, 2.75) is 26.0 Å². The van der Waals surface area contributed by atoms with E-state index in [1.165, 1.54) is 19.1 Å². The normalized spacial score (nSPS) is 12.5. The van der Waals surface area contributed by atoms with Crippen LogP contribution in [0.15, 0.2) is 78.9 Å². The van der Waals surface area contributed by atoms with E-state index in [9.17, 15) is 14.0 Å².